The molecular weight excluding hydrogens is 356 g/mol. The minimum atomic E-state index is -0.756. The van der Waals surface area contributed by atoms with E-state index in [9.17, 15) is 19.7 Å². The first-order valence-corrected chi connectivity index (χ1v) is 8.02. The highest BCUT2D eigenvalue weighted by Gasteiger charge is 2.18. The number of benzene rings is 2. The molecule has 1 heterocycles. The molecule has 0 saturated heterocycles. The molecule has 1 aliphatic rings. The van der Waals surface area contributed by atoms with Gasteiger partial charge in [-0.3, -0.25) is 14.9 Å². The maximum atomic E-state index is 12.3. The Kier molecular flexibility index (Phi) is 5.20. The van der Waals surface area contributed by atoms with Crippen molar-refractivity contribution in [2.45, 2.75) is 6.42 Å². The molecule has 27 heavy (non-hydrogen) atoms. The lowest BCUT2D eigenvalue weighted by atomic mass is 10.1. The van der Waals surface area contributed by atoms with E-state index in [-0.39, 0.29) is 23.6 Å². The average Bonchev–Trinajstić information content (AvgIpc) is 3.14. The van der Waals surface area contributed by atoms with Crippen molar-refractivity contribution >= 4 is 17.6 Å². The summed E-state index contributed by atoms with van der Waals surface area (Å²) in [7, 11) is 1.16. The highest BCUT2D eigenvalue weighted by molar-refractivity contribution is 5.98. The molecule has 1 aliphatic heterocycles. The highest BCUT2D eigenvalue weighted by atomic mass is 16.7. The van der Waals surface area contributed by atoms with E-state index in [4.69, 9.17) is 9.47 Å². The van der Waals surface area contributed by atoms with E-state index in [0.29, 0.717) is 24.5 Å². The van der Waals surface area contributed by atoms with E-state index in [1.807, 2.05) is 12.1 Å². The molecule has 0 fully saturated rings. The van der Waals surface area contributed by atoms with Gasteiger partial charge in [0, 0.05) is 24.2 Å². The van der Waals surface area contributed by atoms with Gasteiger partial charge in [0.15, 0.2) is 11.5 Å². The number of nitrogens with zero attached hydrogens (tertiary/aromatic N) is 1. The fourth-order valence-corrected chi connectivity index (χ4v) is 2.60. The molecule has 3 rings (SSSR count). The predicted molar refractivity (Wildman–Crippen MR) is 93.0 cm³/mol. The van der Waals surface area contributed by atoms with Crippen molar-refractivity contribution in [3.63, 3.8) is 0 Å². The number of hydrogen-bond acceptors (Lipinski definition) is 7. The molecule has 9 heteroatoms. The molecule has 0 unspecified atom stereocenters. The van der Waals surface area contributed by atoms with Crippen molar-refractivity contribution in [2.75, 3.05) is 20.4 Å². The number of ether oxygens (including phenoxy) is 3. The van der Waals surface area contributed by atoms with Crippen LogP contribution in [-0.2, 0) is 11.2 Å². The van der Waals surface area contributed by atoms with Crippen LogP contribution in [-0.4, -0.2) is 37.2 Å². The Balaban J connectivity index is 1.67. The van der Waals surface area contributed by atoms with Crippen molar-refractivity contribution in [3.05, 3.63) is 63.2 Å². The van der Waals surface area contributed by atoms with Crippen LogP contribution in [0.4, 0.5) is 5.69 Å². The van der Waals surface area contributed by atoms with Crippen molar-refractivity contribution < 1.29 is 28.7 Å². The smallest absolute Gasteiger partial charge is 0.338 e. The second-order valence-corrected chi connectivity index (χ2v) is 5.71. The van der Waals surface area contributed by atoms with Gasteiger partial charge in [-0.05, 0) is 30.2 Å². The number of nitrogens with one attached hydrogen (secondary N) is 1. The van der Waals surface area contributed by atoms with Gasteiger partial charge in [0.2, 0.25) is 6.79 Å². The molecule has 1 amide bonds. The van der Waals surface area contributed by atoms with Gasteiger partial charge in [-0.25, -0.2) is 4.79 Å². The van der Waals surface area contributed by atoms with E-state index < -0.39 is 16.8 Å². The first-order valence-electron chi connectivity index (χ1n) is 8.02. The van der Waals surface area contributed by atoms with Gasteiger partial charge in [-0.1, -0.05) is 6.07 Å². The number of nitro benzene ring substituents is 1. The largest absolute Gasteiger partial charge is 0.465 e. The Bertz CT molecular complexity index is 911. The first kappa shape index (κ1) is 18.2. The lowest BCUT2D eigenvalue weighted by Crippen LogP contribution is -2.26. The second kappa shape index (κ2) is 7.73. The number of non-ortho nitro benzene ring substituents is 1. The van der Waals surface area contributed by atoms with Crippen molar-refractivity contribution in [1.82, 2.24) is 5.32 Å². The Morgan fingerprint density at radius 3 is 2.63 bits per heavy atom. The number of amides is 1. The van der Waals surface area contributed by atoms with E-state index in [1.165, 1.54) is 6.07 Å². The van der Waals surface area contributed by atoms with Gasteiger partial charge in [-0.15, -0.1) is 0 Å². The third kappa shape index (κ3) is 4.14. The zero-order valence-electron chi connectivity index (χ0n) is 14.4. The number of esters is 1. The maximum Gasteiger partial charge on any atom is 0.338 e. The molecule has 0 aliphatic carbocycles. The van der Waals surface area contributed by atoms with Gasteiger partial charge in [-0.2, -0.15) is 0 Å². The Hall–Kier alpha value is -3.62. The Morgan fingerprint density at radius 2 is 1.89 bits per heavy atom. The SMILES string of the molecule is COC(=O)c1cc(C(=O)NCCc2ccc3c(c2)OCO3)cc([N+](=O)[O-])c1. The molecule has 0 bridgehead atoms. The summed E-state index contributed by atoms with van der Waals surface area (Å²) in [6.07, 6.45) is 0.529. The van der Waals surface area contributed by atoms with Crippen molar-refractivity contribution in [2.24, 2.45) is 0 Å². The zero-order valence-corrected chi connectivity index (χ0v) is 14.4. The van der Waals surface area contributed by atoms with Crippen LogP contribution in [0.15, 0.2) is 36.4 Å². The maximum absolute atomic E-state index is 12.3. The molecule has 2 aromatic rings. The third-order valence-corrected chi connectivity index (χ3v) is 3.95. The number of hydrogen-bond donors (Lipinski definition) is 1. The summed E-state index contributed by atoms with van der Waals surface area (Å²) in [5.41, 5.74) is 0.524. The number of carbonyl (C=O) groups excluding carboxylic acids is 2. The average molecular weight is 372 g/mol. The van der Waals surface area contributed by atoms with Crippen molar-refractivity contribution in [1.29, 1.82) is 0 Å². The summed E-state index contributed by atoms with van der Waals surface area (Å²) in [5, 5.41) is 13.7. The summed E-state index contributed by atoms with van der Waals surface area (Å²) < 4.78 is 15.1. The quantitative estimate of drug-likeness (QED) is 0.469. The zero-order chi connectivity index (χ0) is 19.4. The van der Waals surface area contributed by atoms with Crippen LogP contribution in [0.25, 0.3) is 0 Å². The van der Waals surface area contributed by atoms with E-state index in [2.05, 4.69) is 10.1 Å². The van der Waals surface area contributed by atoms with Crippen LogP contribution in [0.1, 0.15) is 26.3 Å². The van der Waals surface area contributed by atoms with Crippen molar-refractivity contribution in [3.8, 4) is 11.5 Å². The normalized spacial score (nSPS) is 11.7. The van der Waals surface area contributed by atoms with E-state index in [1.54, 1.807) is 6.07 Å². The highest BCUT2D eigenvalue weighted by Crippen LogP contribution is 2.32. The first-order chi connectivity index (χ1) is 13.0. The molecule has 2 aromatic carbocycles. The number of carbonyl (C=O) groups is 2. The molecule has 9 nitrogen and oxygen atoms in total. The van der Waals surface area contributed by atoms with Gasteiger partial charge >= 0.3 is 5.97 Å². The minimum Gasteiger partial charge on any atom is -0.465 e. The molecule has 140 valence electrons. The molecule has 0 atom stereocenters. The molecule has 0 aromatic heterocycles. The second-order valence-electron chi connectivity index (χ2n) is 5.71. The summed E-state index contributed by atoms with van der Waals surface area (Å²) in [6.45, 7) is 0.486. The fourth-order valence-electron chi connectivity index (χ4n) is 2.60. The molecule has 1 N–H and O–H groups in total. The number of nitro groups is 1. The van der Waals surface area contributed by atoms with Gasteiger partial charge < -0.3 is 19.5 Å². The van der Waals surface area contributed by atoms with Crippen LogP contribution in [0.2, 0.25) is 0 Å². The predicted octanol–water partition coefficient (Wildman–Crippen LogP) is 2.08. The summed E-state index contributed by atoms with van der Waals surface area (Å²) in [6, 6.07) is 8.93. The summed E-state index contributed by atoms with van der Waals surface area (Å²) >= 11 is 0. The van der Waals surface area contributed by atoms with E-state index >= 15 is 0 Å². The van der Waals surface area contributed by atoms with Crippen LogP contribution < -0.4 is 14.8 Å². The van der Waals surface area contributed by atoms with Gasteiger partial charge in [0.25, 0.3) is 11.6 Å². The monoisotopic (exact) mass is 372 g/mol. The number of methoxy groups -OCH3 is 1. The van der Waals surface area contributed by atoms with Gasteiger partial charge in [0.1, 0.15) is 0 Å². The van der Waals surface area contributed by atoms with Crippen LogP contribution in [0.3, 0.4) is 0 Å². The van der Waals surface area contributed by atoms with Gasteiger partial charge in [0.05, 0.1) is 17.6 Å². The summed E-state index contributed by atoms with van der Waals surface area (Å²) in [5.74, 6) is 0.0488. The Labute approximate surface area is 154 Å². The third-order valence-electron chi connectivity index (χ3n) is 3.95. The number of fused-ring (bicyclic) bond motifs is 1. The molecule has 0 saturated carbocycles. The van der Waals surface area contributed by atoms with Crippen LogP contribution in [0, 0.1) is 10.1 Å². The van der Waals surface area contributed by atoms with E-state index in [0.717, 1.165) is 24.8 Å². The lowest BCUT2D eigenvalue weighted by Gasteiger charge is -2.08. The molecule has 0 spiro atoms. The number of rotatable bonds is 6. The van der Waals surface area contributed by atoms with Crippen LogP contribution >= 0.6 is 0 Å². The lowest BCUT2D eigenvalue weighted by molar-refractivity contribution is -0.384. The fraction of sp³-hybridized carbons (Fsp3) is 0.222. The summed E-state index contributed by atoms with van der Waals surface area (Å²) in [4.78, 5) is 34.3. The topological polar surface area (TPSA) is 117 Å². The molecule has 0 radical (unpaired) electrons. The van der Waals surface area contributed by atoms with Crippen LogP contribution in [0.5, 0.6) is 11.5 Å². The standard InChI is InChI=1S/C18H16N2O7/c1-25-18(22)13-7-12(8-14(9-13)20(23)24)17(21)19-5-4-11-2-3-15-16(6-11)27-10-26-15/h2-3,6-9H,4-5,10H2,1H3,(H,19,21). The molecular formula is C18H16N2O7. The minimum absolute atomic E-state index is 0.00952. The Morgan fingerprint density at radius 1 is 1.15 bits per heavy atom.